The number of carbonyl (C=O) groups is 4. The van der Waals surface area contributed by atoms with E-state index in [2.05, 4.69) is 25.1 Å². The number of amides is 4. The lowest BCUT2D eigenvalue weighted by Gasteiger charge is -2.32. The first-order valence-corrected chi connectivity index (χ1v) is 19.3. The quantitative estimate of drug-likeness (QED) is 0.269. The lowest BCUT2D eigenvalue weighted by molar-refractivity contribution is -0.274. The molecule has 298 valence electrons. The van der Waals surface area contributed by atoms with Crippen LogP contribution < -0.4 is 24.8 Å². The molecule has 14 nitrogen and oxygen atoms in total. The van der Waals surface area contributed by atoms with Crippen LogP contribution >= 0.6 is 0 Å². The maximum Gasteiger partial charge on any atom is 0.573 e. The van der Waals surface area contributed by atoms with Gasteiger partial charge in [-0.15, -0.1) is 13.2 Å². The van der Waals surface area contributed by atoms with Crippen molar-refractivity contribution in [1.29, 1.82) is 0 Å². The second kappa shape index (κ2) is 14.4. The van der Waals surface area contributed by atoms with Crippen LogP contribution in [0.5, 0.6) is 11.6 Å². The van der Waals surface area contributed by atoms with Crippen LogP contribution in [-0.4, -0.2) is 89.1 Å². The molecule has 2 saturated carbocycles. The third kappa shape index (κ3) is 9.47. The molecule has 3 fully saturated rings. The van der Waals surface area contributed by atoms with Gasteiger partial charge in [0.25, 0.3) is 5.91 Å². The summed E-state index contributed by atoms with van der Waals surface area (Å²) in [5.74, 6) is -2.83. The van der Waals surface area contributed by atoms with Crippen LogP contribution in [-0.2, 0) is 29.1 Å². The number of pyridine rings is 1. The average Bonchev–Trinajstić information content (AvgIpc) is 3.95. The molecule has 54 heavy (non-hydrogen) atoms. The van der Waals surface area contributed by atoms with Gasteiger partial charge in [0, 0.05) is 23.4 Å². The van der Waals surface area contributed by atoms with Crippen molar-refractivity contribution in [2.75, 3.05) is 6.54 Å². The zero-order chi connectivity index (χ0) is 40.1. The number of hydrogen-bond acceptors (Lipinski definition) is 10. The molecule has 3 aliphatic rings. The van der Waals surface area contributed by atoms with Crippen molar-refractivity contribution in [3.63, 3.8) is 0 Å². The van der Waals surface area contributed by atoms with Gasteiger partial charge in [-0.2, -0.15) is 0 Å². The summed E-state index contributed by atoms with van der Waals surface area (Å²) in [6.45, 7) is 12.1. The van der Waals surface area contributed by atoms with Crippen LogP contribution in [0.2, 0.25) is 0 Å². The molecule has 3 atom stereocenters. The molecule has 1 aromatic heterocycles. The van der Waals surface area contributed by atoms with Crippen LogP contribution in [0.25, 0.3) is 10.8 Å². The fourth-order valence-electron chi connectivity index (χ4n) is 6.59. The van der Waals surface area contributed by atoms with E-state index in [-0.39, 0.29) is 48.9 Å². The Morgan fingerprint density at radius 3 is 2.22 bits per heavy atom. The Morgan fingerprint density at radius 2 is 1.67 bits per heavy atom. The largest absolute Gasteiger partial charge is 0.573 e. The second-order valence-corrected chi connectivity index (χ2v) is 18.6. The Hall–Kier alpha value is -4.35. The minimum Gasteiger partial charge on any atom is -0.472 e. The molecule has 18 heteroatoms. The van der Waals surface area contributed by atoms with E-state index in [4.69, 9.17) is 9.47 Å². The van der Waals surface area contributed by atoms with Crippen molar-refractivity contribution in [2.45, 2.75) is 134 Å². The van der Waals surface area contributed by atoms with E-state index in [0.717, 1.165) is 6.07 Å². The number of sulfonamides is 1. The van der Waals surface area contributed by atoms with Gasteiger partial charge in [-0.3, -0.25) is 19.1 Å². The first kappa shape index (κ1) is 40.8. The van der Waals surface area contributed by atoms with Crippen LogP contribution in [0.3, 0.4) is 0 Å². The molecule has 1 saturated heterocycles. The number of nitrogens with zero attached hydrogens (tertiary/aromatic N) is 2. The van der Waals surface area contributed by atoms with Gasteiger partial charge in [-0.25, -0.2) is 18.2 Å². The fraction of sp³-hybridized carbons (Fsp3) is 0.639. The number of hydrogen-bond donors (Lipinski definition) is 3. The highest BCUT2D eigenvalue weighted by molar-refractivity contribution is 7.91. The van der Waals surface area contributed by atoms with Crippen LogP contribution in [0, 0.1) is 5.41 Å². The van der Waals surface area contributed by atoms with E-state index in [1.807, 2.05) is 20.8 Å². The molecule has 2 heterocycles. The Morgan fingerprint density at radius 1 is 1.00 bits per heavy atom. The lowest BCUT2D eigenvalue weighted by Crippen LogP contribution is -2.58. The summed E-state index contributed by atoms with van der Waals surface area (Å²) in [5, 5.41) is 5.56. The highest BCUT2D eigenvalue weighted by Gasteiger charge is 2.58. The van der Waals surface area contributed by atoms with Gasteiger partial charge < -0.3 is 29.7 Å². The first-order chi connectivity index (χ1) is 24.9. The summed E-state index contributed by atoms with van der Waals surface area (Å²) >= 11 is 0. The topological polar surface area (TPSA) is 182 Å². The molecule has 2 aliphatic carbocycles. The maximum atomic E-state index is 14.4. The number of benzene rings is 1. The number of carbonyl (C=O) groups excluding carboxylic acids is 4. The summed E-state index contributed by atoms with van der Waals surface area (Å²) in [7, 11) is -4.01. The minimum absolute atomic E-state index is 0.0551. The van der Waals surface area contributed by atoms with Gasteiger partial charge >= 0.3 is 12.5 Å². The summed E-state index contributed by atoms with van der Waals surface area (Å²) in [6, 6.07) is 2.86. The molecule has 1 aromatic carbocycles. The number of aromatic nitrogens is 1. The zero-order valence-corrected chi connectivity index (χ0v) is 32.2. The summed E-state index contributed by atoms with van der Waals surface area (Å²) < 4.78 is 82.5. The van der Waals surface area contributed by atoms with Gasteiger partial charge in [0.15, 0.2) is 0 Å². The molecule has 4 amide bonds. The first-order valence-electron chi connectivity index (χ1n) is 17.9. The van der Waals surface area contributed by atoms with Gasteiger partial charge in [-0.05, 0) is 82.9 Å². The lowest BCUT2D eigenvalue weighted by atomic mass is 9.87. The number of likely N-dealkylation sites (tertiary alicyclic amines) is 1. The SMILES string of the molecule is CCC1(S(=O)(=O)NC(=O)C2(NC(=O)[C@@H]3CC(Oc4nccc5c(OC(F)(F)F)cccc45)CN3C(=O)[C@H](CC(C)(C)C)NC(=O)OC(C)(C)C)CC2)CC1. The molecule has 2 aromatic rings. The van der Waals surface area contributed by atoms with E-state index in [1.54, 1.807) is 27.7 Å². The van der Waals surface area contributed by atoms with Crippen molar-refractivity contribution in [3.8, 4) is 11.6 Å². The van der Waals surface area contributed by atoms with Crippen molar-refractivity contribution < 1.29 is 55.0 Å². The molecular formula is C36H48F3N5O9S. The number of ether oxygens (including phenoxy) is 3. The molecule has 1 aliphatic heterocycles. The third-order valence-electron chi connectivity index (χ3n) is 9.68. The normalized spacial score (nSPS) is 21.1. The number of nitrogens with one attached hydrogen (secondary N) is 3. The maximum absolute atomic E-state index is 14.4. The predicted octanol–water partition coefficient (Wildman–Crippen LogP) is 4.85. The van der Waals surface area contributed by atoms with E-state index < -0.39 is 85.4 Å². The molecule has 0 bridgehead atoms. The smallest absolute Gasteiger partial charge is 0.472 e. The zero-order valence-electron chi connectivity index (χ0n) is 31.4. The predicted molar refractivity (Wildman–Crippen MR) is 190 cm³/mol. The van der Waals surface area contributed by atoms with E-state index >= 15 is 0 Å². The Labute approximate surface area is 312 Å². The summed E-state index contributed by atoms with van der Waals surface area (Å²) in [6.07, 6.45) is -4.04. The molecular weight excluding hydrogens is 735 g/mol. The van der Waals surface area contributed by atoms with E-state index in [0.29, 0.717) is 19.3 Å². The van der Waals surface area contributed by atoms with Crippen molar-refractivity contribution in [2.24, 2.45) is 5.41 Å². The molecule has 0 spiro atoms. The van der Waals surface area contributed by atoms with Gasteiger partial charge in [-0.1, -0.05) is 33.8 Å². The van der Waals surface area contributed by atoms with E-state index in [9.17, 15) is 40.8 Å². The van der Waals surface area contributed by atoms with E-state index in [1.165, 1.54) is 29.3 Å². The number of alkyl carbamates (subject to hydrolysis) is 1. The number of halogens is 3. The fourth-order valence-corrected chi connectivity index (χ4v) is 8.26. The highest BCUT2D eigenvalue weighted by atomic mass is 32.2. The summed E-state index contributed by atoms with van der Waals surface area (Å²) in [5.41, 5.74) is -2.90. The number of alkyl halides is 3. The molecule has 0 radical (unpaired) electrons. The monoisotopic (exact) mass is 783 g/mol. The third-order valence-corrected chi connectivity index (χ3v) is 12.0. The van der Waals surface area contributed by atoms with Crippen molar-refractivity contribution >= 4 is 44.6 Å². The van der Waals surface area contributed by atoms with Gasteiger partial charge in [0.05, 0.1) is 11.3 Å². The average molecular weight is 784 g/mol. The van der Waals surface area contributed by atoms with Crippen molar-refractivity contribution in [3.05, 3.63) is 30.5 Å². The van der Waals surface area contributed by atoms with Crippen LogP contribution in [0.1, 0.15) is 93.4 Å². The molecule has 5 rings (SSSR count). The Kier molecular flexibility index (Phi) is 10.9. The standard InChI is InChI=1S/C36H48F3N5O9S/c1-8-34(13-14-34)54(49,50)43-30(47)35(15-16-35)42-27(45)25-18-21(51-28-23-10-9-11-26(52-36(37,38)39)22(23)12-17-40-28)20-44(25)29(46)24(19-32(2,3)4)41-31(48)53-33(5,6)7/h9-12,17,21,24-25H,8,13-16,18-20H2,1-7H3,(H,41,48)(H,42,45)(H,43,47)/t21?,24-,25-/m0/s1. The van der Waals surface area contributed by atoms with Gasteiger partial charge in [0.2, 0.25) is 27.7 Å². The number of rotatable bonds is 12. The highest BCUT2D eigenvalue weighted by Crippen LogP contribution is 2.46. The summed E-state index contributed by atoms with van der Waals surface area (Å²) in [4.78, 5) is 60.3. The van der Waals surface area contributed by atoms with Crippen molar-refractivity contribution in [1.82, 2.24) is 25.2 Å². The second-order valence-electron chi connectivity index (χ2n) is 16.5. The molecule has 3 N–H and O–H groups in total. The Balaban J connectivity index is 1.43. The van der Waals surface area contributed by atoms with Gasteiger partial charge in [0.1, 0.15) is 35.1 Å². The Bertz CT molecular complexity index is 1900. The molecule has 1 unspecified atom stereocenters. The van der Waals surface area contributed by atoms with Crippen LogP contribution in [0.15, 0.2) is 30.5 Å². The number of fused-ring (bicyclic) bond motifs is 1. The minimum atomic E-state index is -4.96. The van der Waals surface area contributed by atoms with Crippen LogP contribution in [0.4, 0.5) is 18.0 Å².